The SMILES string of the molecule is Fc1ccccc1Oc1ccc2c(-c3ccc(-c4cccnc4)cc3)n[nH]c2c1. The van der Waals surface area contributed by atoms with Gasteiger partial charge in [-0.15, -0.1) is 0 Å². The van der Waals surface area contributed by atoms with E-state index in [4.69, 9.17) is 4.74 Å². The van der Waals surface area contributed by atoms with Gasteiger partial charge in [0, 0.05) is 29.4 Å². The van der Waals surface area contributed by atoms with Gasteiger partial charge in [0.1, 0.15) is 5.75 Å². The lowest BCUT2D eigenvalue weighted by Gasteiger charge is -2.06. The van der Waals surface area contributed by atoms with Crippen LogP contribution in [0.2, 0.25) is 0 Å². The Balaban J connectivity index is 1.45. The molecule has 0 aliphatic heterocycles. The highest BCUT2D eigenvalue weighted by molar-refractivity contribution is 5.93. The molecule has 0 aliphatic carbocycles. The van der Waals surface area contributed by atoms with Crippen LogP contribution in [0.25, 0.3) is 33.3 Å². The van der Waals surface area contributed by atoms with Crippen molar-refractivity contribution in [3.8, 4) is 33.9 Å². The Labute approximate surface area is 166 Å². The number of halogens is 1. The first-order valence-corrected chi connectivity index (χ1v) is 9.19. The minimum atomic E-state index is -0.397. The zero-order valence-corrected chi connectivity index (χ0v) is 15.3. The largest absolute Gasteiger partial charge is 0.454 e. The predicted octanol–water partition coefficient (Wildman–Crippen LogP) is 6.22. The van der Waals surface area contributed by atoms with Gasteiger partial charge in [-0.2, -0.15) is 5.10 Å². The number of H-pyrrole nitrogens is 1. The topological polar surface area (TPSA) is 50.8 Å². The van der Waals surface area contributed by atoms with Crippen LogP contribution in [0, 0.1) is 5.82 Å². The minimum Gasteiger partial charge on any atom is -0.454 e. The third-order valence-corrected chi connectivity index (χ3v) is 4.75. The van der Waals surface area contributed by atoms with E-state index in [1.165, 1.54) is 6.07 Å². The first-order valence-electron chi connectivity index (χ1n) is 9.19. The maximum atomic E-state index is 13.8. The standard InChI is InChI=1S/C24H16FN3O/c25-21-5-1-2-6-23(21)29-19-11-12-20-22(14-19)27-28-24(20)17-9-7-16(8-10-17)18-4-3-13-26-15-18/h1-15H,(H,27,28). The van der Waals surface area contributed by atoms with Gasteiger partial charge in [0.2, 0.25) is 0 Å². The molecular weight excluding hydrogens is 365 g/mol. The Bertz CT molecular complexity index is 1280. The van der Waals surface area contributed by atoms with Crippen molar-refractivity contribution < 1.29 is 9.13 Å². The third kappa shape index (κ3) is 3.34. The number of aromatic nitrogens is 3. The second kappa shape index (κ2) is 7.20. The highest BCUT2D eigenvalue weighted by Crippen LogP contribution is 2.32. The van der Waals surface area contributed by atoms with E-state index in [9.17, 15) is 4.39 Å². The van der Waals surface area contributed by atoms with Crippen LogP contribution in [0.5, 0.6) is 11.5 Å². The monoisotopic (exact) mass is 381 g/mol. The lowest BCUT2D eigenvalue weighted by molar-refractivity contribution is 0.443. The molecule has 29 heavy (non-hydrogen) atoms. The molecule has 0 fully saturated rings. The third-order valence-electron chi connectivity index (χ3n) is 4.75. The average molecular weight is 381 g/mol. The molecule has 140 valence electrons. The molecule has 0 atom stereocenters. The lowest BCUT2D eigenvalue weighted by atomic mass is 10.0. The molecule has 0 saturated heterocycles. The van der Waals surface area contributed by atoms with Crippen molar-refractivity contribution in [3.63, 3.8) is 0 Å². The van der Waals surface area contributed by atoms with E-state index in [2.05, 4.69) is 27.3 Å². The highest BCUT2D eigenvalue weighted by atomic mass is 19.1. The highest BCUT2D eigenvalue weighted by Gasteiger charge is 2.11. The second-order valence-electron chi connectivity index (χ2n) is 6.63. The molecule has 1 N–H and O–H groups in total. The van der Waals surface area contributed by atoms with E-state index in [1.807, 2.05) is 48.7 Å². The number of fused-ring (bicyclic) bond motifs is 1. The van der Waals surface area contributed by atoms with Crippen molar-refractivity contribution >= 4 is 10.9 Å². The zero-order chi connectivity index (χ0) is 19.6. The Kier molecular flexibility index (Phi) is 4.26. The number of hydrogen-bond donors (Lipinski definition) is 1. The Morgan fingerprint density at radius 2 is 1.62 bits per heavy atom. The first-order chi connectivity index (χ1) is 14.3. The van der Waals surface area contributed by atoms with Gasteiger partial charge in [-0.25, -0.2) is 4.39 Å². The summed E-state index contributed by atoms with van der Waals surface area (Å²) < 4.78 is 19.5. The number of hydrogen-bond acceptors (Lipinski definition) is 3. The van der Waals surface area contributed by atoms with Gasteiger partial charge in [-0.3, -0.25) is 10.1 Å². The molecule has 0 aliphatic rings. The molecule has 2 heterocycles. The van der Waals surface area contributed by atoms with Crippen molar-refractivity contribution in [2.45, 2.75) is 0 Å². The summed E-state index contributed by atoms with van der Waals surface area (Å²) >= 11 is 0. The van der Waals surface area contributed by atoms with Crippen molar-refractivity contribution in [1.29, 1.82) is 0 Å². The number of nitrogens with one attached hydrogen (secondary N) is 1. The fraction of sp³-hybridized carbons (Fsp3) is 0. The van der Waals surface area contributed by atoms with Gasteiger partial charge >= 0.3 is 0 Å². The first kappa shape index (κ1) is 17.1. The number of pyridine rings is 1. The molecule has 3 aromatic carbocycles. The summed E-state index contributed by atoms with van der Waals surface area (Å²) in [4.78, 5) is 4.17. The Hall–Kier alpha value is -3.99. The van der Waals surface area contributed by atoms with Crippen LogP contribution in [-0.2, 0) is 0 Å². The summed E-state index contributed by atoms with van der Waals surface area (Å²) in [6.07, 6.45) is 3.61. The Morgan fingerprint density at radius 3 is 2.41 bits per heavy atom. The van der Waals surface area contributed by atoms with Crippen LogP contribution in [0.1, 0.15) is 0 Å². The quantitative estimate of drug-likeness (QED) is 0.402. The van der Waals surface area contributed by atoms with Crippen LogP contribution >= 0.6 is 0 Å². The van der Waals surface area contributed by atoms with E-state index in [-0.39, 0.29) is 5.75 Å². The Morgan fingerprint density at radius 1 is 0.793 bits per heavy atom. The van der Waals surface area contributed by atoms with E-state index in [1.54, 1.807) is 24.4 Å². The molecule has 0 amide bonds. The lowest BCUT2D eigenvalue weighted by Crippen LogP contribution is -1.87. The van der Waals surface area contributed by atoms with E-state index in [0.29, 0.717) is 5.75 Å². The molecule has 5 aromatic rings. The number of nitrogens with zero attached hydrogens (tertiary/aromatic N) is 2. The van der Waals surface area contributed by atoms with Crippen molar-refractivity contribution in [2.75, 3.05) is 0 Å². The summed E-state index contributed by atoms with van der Waals surface area (Å²) in [6.45, 7) is 0. The predicted molar refractivity (Wildman–Crippen MR) is 111 cm³/mol. The number of rotatable bonds is 4. The summed E-state index contributed by atoms with van der Waals surface area (Å²) in [5.41, 5.74) is 4.86. The van der Waals surface area contributed by atoms with E-state index < -0.39 is 5.82 Å². The number of benzene rings is 3. The van der Waals surface area contributed by atoms with Crippen LogP contribution in [0.3, 0.4) is 0 Å². The normalized spacial score (nSPS) is 10.9. The summed E-state index contributed by atoms with van der Waals surface area (Å²) in [7, 11) is 0. The van der Waals surface area contributed by atoms with Gasteiger partial charge in [0.05, 0.1) is 11.2 Å². The second-order valence-corrected chi connectivity index (χ2v) is 6.63. The number of para-hydroxylation sites is 1. The fourth-order valence-corrected chi connectivity index (χ4v) is 3.29. The molecule has 0 saturated carbocycles. The summed E-state index contributed by atoms with van der Waals surface area (Å²) in [5.74, 6) is 0.342. The average Bonchev–Trinajstić information content (AvgIpc) is 3.19. The number of ether oxygens (including phenoxy) is 1. The smallest absolute Gasteiger partial charge is 0.165 e. The van der Waals surface area contributed by atoms with Crippen LogP contribution in [0.4, 0.5) is 4.39 Å². The molecule has 5 heteroatoms. The van der Waals surface area contributed by atoms with Gasteiger partial charge in [-0.05, 0) is 41.5 Å². The molecule has 0 bridgehead atoms. The zero-order valence-electron chi connectivity index (χ0n) is 15.3. The number of aromatic amines is 1. The molecule has 0 spiro atoms. The molecular formula is C24H16FN3O. The molecule has 0 radical (unpaired) electrons. The summed E-state index contributed by atoms with van der Waals surface area (Å²) in [6, 6.07) is 24.1. The van der Waals surface area contributed by atoms with E-state index >= 15 is 0 Å². The van der Waals surface area contributed by atoms with Crippen LogP contribution in [-0.4, -0.2) is 15.2 Å². The van der Waals surface area contributed by atoms with Gasteiger partial charge in [-0.1, -0.05) is 42.5 Å². The summed E-state index contributed by atoms with van der Waals surface area (Å²) in [5, 5.41) is 8.48. The van der Waals surface area contributed by atoms with E-state index in [0.717, 1.165) is 33.3 Å². The molecule has 5 rings (SSSR count). The van der Waals surface area contributed by atoms with Crippen LogP contribution < -0.4 is 4.74 Å². The van der Waals surface area contributed by atoms with Crippen molar-refractivity contribution in [3.05, 3.63) is 97.1 Å². The van der Waals surface area contributed by atoms with Gasteiger partial charge < -0.3 is 4.74 Å². The maximum Gasteiger partial charge on any atom is 0.165 e. The fourth-order valence-electron chi connectivity index (χ4n) is 3.29. The van der Waals surface area contributed by atoms with Gasteiger partial charge in [0.15, 0.2) is 11.6 Å². The van der Waals surface area contributed by atoms with Gasteiger partial charge in [0.25, 0.3) is 0 Å². The van der Waals surface area contributed by atoms with Crippen molar-refractivity contribution in [1.82, 2.24) is 15.2 Å². The maximum absolute atomic E-state index is 13.8. The van der Waals surface area contributed by atoms with Crippen LogP contribution in [0.15, 0.2) is 91.3 Å². The molecule has 0 unspecified atom stereocenters. The van der Waals surface area contributed by atoms with Crippen molar-refractivity contribution in [2.24, 2.45) is 0 Å². The minimum absolute atomic E-state index is 0.192. The molecule has 2 aromatic heterocycles. The molecule has 4 nitrogen and oxygen atoms in total.